The zero-order valence-corrected chi connectivity index (χ0v) is 8.70. The van der Waals surface area contributed by atoms with E-state index in [1.807, 2.05) is 38.1 Å². The second-order valence-electron chi connectivity index (χ2n) is 3.35. The van der Waals surface area contributed by atoms with Gasteiger partial charge in [-0.1, -0.05) is 29.8 Å². The first kappa shape index (κ1) is 10.5. The van der Waals surface area contributed by atoms with E-state index in [4.69, 9.17) is 4.74 Å². The van der Waals surface area contributed by atoms with Crippen LogP contribution in [0.15, 0.2) is 29.8 Å². The van der Waals surface area contributed by atoms with Crippen LogP contribution in [0.2, 0.25) is 0 Å². The molecule has 1 aromatic rings. The summed E-state index contributed by atoms with van der Waals surface area (Å²) < 4.78 is 5.06. The van der Waals surface area contributed by atoms with Gasteiger partial charge in [-0.3, -0.25) is 4.79 Å². The number of carbonyl (C=O) groups is 1. The van der Waals surface area contributed by atoms with E-state index < -0.39 is 0 Å². The molecule has 0 N–H and O–H groups in total. The van der Waals surface area contributed by atoms with Crippen molar-refractivity contribution in [2.24, 2.45) is 0 Å². The Morgan fingerprint density at radius 3 is 2.43 bits per heavy atom. The van der Waals surface area contributed by atoms with E-state index in [9.17, 15) is 4.79 Å². The third-order valence-electron chi connectivity index (χ3n) is 1.62. The number of rotatable bonds is 2. The highest BCUT2D eigenvalue weighted by atomic mass is 16.5. The minimum absolute atomic E-state index is 0.292. The van der Waals surface area contributed by atoms with Gasteiger partial charge in [0, 0.05) is 12.5 Å². The molecule has 0 aliphatic carbocycles. The number of hydrogen-bond donors (Lipinski definition) is 0. The molecule has 0 amide bonds. The molecule has 0 aromatic heterocycles. The minimum Gasteiger partial charge on any atom is -0.426 e. The van der Waals surface area contributed by atoms with E-state index in [2.05, 4.69) is 0 Å². The van der Waals surface area contributed by atoms with Crippen LogP contribution in [0.3, 0.4) is 0 Å². The van der Waals surface area contributed by atoms with Crippen LogP contribution in [0.5, 0.6) is 5.75 Å². The summed E-state index contributed by atoms with van der Waals surface area (Å²) in [7, 11) is 0. The monoisotopic (exact) mass is 190 g/mol. The van der Waals surface area contributed by atoms with Crippen molar-refractivity contribution in [3.63, 3.8) is 0 Å². The first-order chi connectivity index (χ1) is 6.59. The third kappa shape index (κ3) is 3.05. The minimum atomic E-state index is -0.292. The first-order valence-electron chi connectivity index (χ1n) is 4.52. The maximum Gasteiger partial charge on any atom is 0.308 e. The van der Waals surface area contributed by atoms with Crippen molar-refractivity contribution in [1.82, 2.24) is 0 Å². The van der Waals surface area contributed by atoms with Gasteiger partial charge in [-0.05, 0) is 19.9 Å². The highest BCUT2D eigenvalue weighted by Crippen LogP contribution is 2.20. The molecule has 0 saturated heterocycles. The summed E-state index contributed by atoms with van der Waals surface area (Å²) in [6.45, 7) is 5.41. The Kier molecular flexibility index (Phi) is 3.46. The molecule has 0 bridgehead atoms. The number of ether oxygens (including phenoxy) is 1. The number of para-hydroxylation sites is 1. The lowest BCUT2D eigenvalue weighted by Crippen LogP contribution is -2.02. The van der Waals surface area contributed by atoms with Crippen molar-refractivity contribution in [1.29, 1.82) is 0 Å². The molecule has 74 valence electrons. The Labute approximate surface area is 84.2 Å². The number of allylic oxidation sites excluding steroid dienone is 1. The molecule has 0 spiro atoms. The lowest BCUT2D eigenvalue weighted by Gasteiger charge is -2.05. The average Bonchev–Trinajstić information content (AvgIpc) is 2.06. The van der Waals surface area contributed by atoms with Crippen molar-refractivity contribution in [2.75, 3.05) is 0 Å². The van der Waals surface area contributed by atoms with E-state index in [-0.39, 0.29) is 5.97 Å². The van der Waals surface area contributed by atoms with Crippen molar-refractivity contribution in [2.45, 2.75) is 20.8 Å². The van der Waals surface area contributed by atoms with Crippen LogP contribution in [0.25, 0.3) is 6.08 Å². The van der Waals surface area contributed by atoms with Gasteiger partial charge in [-0.25, -0.2) is 0 Å². The van der Waals surface area contributed by atoms with Crippen molar-refractivity contribution >= 4 is 12.0 Å². The zero-order valence-electron chi connectivity index (χ0n) is 8.70. The van der Waals surface area contributed by atoms with Crippen molar-refractivity contribution < 1.29 is 9.53 Å². The predicted molar refractivity (Wildman–Crippen MR) is 57.1 cm³/mol. The molecule has 0 saturated carbocycles. The summed E-state index contributed by atoms with van der Waals surface area (Å²) in [4.78, 5) is 10.8. The number of benzene rings is 1. The molecule has 0 aliphatic heterocycles. The molecule has 0 fully saturated rings. The Hall–Kier alpha value is -1.57. The molecule has 0 unspecified atom stereocenters. The molecule has 0 aliphatic rings. The summed E-state index contributed by atoms with van der Waals surface area (Å²) in [6, 6.07) is 7.48. The molecule has 14 heavy (non-hydrogen) atoms. The fourth-order valence-corrected chi connectivity index (χ4v) is 1.16. The van der Waals surface area contributed by atoms with Gasteiger partial charge in [0.05, 0.1) is 0 Å². The maximum absolute atomic E-state index is 10.8. The molecular formula is C12H14O2. The largest absolute Gasteiger partial charge is 0.426 e. The van der Waals surface area contributed by atoms with Crippen LogP contribution in [-0.4, -0.2) is 5.97 Å². The number of esters is 1. The van der Waals surface area contributed by atoms with E-state index >= 15 is 0 Å². The van der Waals surface area contributed by atoms with Crippen LogP contribution >= 0.6 is 0 Å². The maximum atomic E-state index is 10.8. The fraction of sp³-hybridized carbons (Fsp3) is 0.250. The van der Waals surface area contributed by atoms with E-state index in [0.717, 1.165) is 5.56 Å². The van der Waals surface area contributed by atoms with Gasteiger partial charge in [0.25, 0.3) is 0 Å². The highest BCUT2D eigenvalue weighted by Gasteiger charge is 2.02. The quantitative estimate of drug-likeness (QED) is 0.529. The van der Waals surface area contributed by atoms with Crippen LogP contribution in [0, 0.1) is 0 Å². The Balaban J connectivity index is 3.03. The molecule has 0 radical (unpaired) electrons. The summed E-state index contributed by atoms with van der Waals surface area (Å²) in [5.41, 5.74) is 2.10. The second kappa shape index (κ2) is 4.61. The molecule has 0 heterocycles. The SMILES string of the molecule is CC(=O)Oc1ccccc1C=C(C)C. The second-order valence-corrected chi connectivity index (χ2v) is 3.35. The highest BCUT2D eigenvalue weighted by molar-refractivity contribution is 5.72. The lowest BCUT2D eigenvalue weighted by atomic mass is 10.1. The van der Waals surface area contributed by atoms with Crippen molar-refractivity contribution in [3.05, 3.63) is 35.4 Å². The normalized spacial score (nSPS) is 9.36. The Bertz CT molecular complexity index is 360. The molecule has 1 rings (SSSR count). The molecule has 2 heteroatoms. The van der Waals surface area contributed by atoms with Gasteiger partial charge in [-0.15, -0.1) is 0 Å². The van der Waals surface area contributed by atoms with Crippen molar-refractivity contribution in [3.8, 4) is 5.75 Å². The van der Waals surface area contributed by atoms with Crippen LogP contribution in [0.4, 0.5) is 0 Å². The standard InChI is InChI=1S/C12H14O2/c1-9(2)8-11-6-4-5-7-12(11)14-10(3)13/h4-8H,1-3H3. The molecular weight excluding hydrogens is 176 g/mol. The third-order valence-corrected chi connectivity index (χ3v) is 1.62. The van der Waals surface area contributed by atoms with Gasteiger partial charge in [0.1, 0.15) is 5.75 Å². The summed E-state index contributed by atoms with van der Waals surface area (Å²) in [6.07, 6.45) is 1.98. The van der Waals surface area contributed by atoms with Gasteiger partial charge in [-0.2, -0.15) is 0 Å². The predicted octanol–water partition coefficient (Wildman–Crippen LogP) is 3.04. The van der Waals surface area contributed by atoms with E-state index in [1.165, 1.54) is 12.5 Å². The number of hydrogen-bond acceptors (Lipinski definition) is 2. The van der Waals surface area contributed by atoms with Gasteiger partial charge < -0.3 is 4.74 Å². The van der Waals surface area contributed by atoms with E-state index in [1.54, 1.807) is 6.07 Å². The van der Waals surface area contributed by atoms with Gasteiger partial charge in [0.2, 0.25) is 0 Å². The molecule has 0 atom stereocenters. The van der Waals surface area contributed by atoms with Crippen LogP contribution in [0.1, 0.15) is 26.3 Å². The smallest absolute Gasteiger partial charge is 0.308 e. The summed E-state index contributed by atoms with van der Waals surface area (Å²) in [5, 5.41) is 0. The summed E-state index contributed by atoms with van der Waals surface area (Å²) in [5.74, 6) is 0.320. The fourth-order valence-electron chi connectivity index (χ4n) is 1.16. The van der Waals surface area contributed by atoms with Crippen LogP contribution in [-0.2, 0) is 4.79 Å². The van der Waals surface area contributed by atoms with Gasteiger partial charge in [0.15, 0.2) is 0 Å². The number of carbonyl (C=O) groups excluding carboxylic acids is 1. The topological polar surface area (TPSA) is 26.3 Å². The van der Waals surface area contributed by atoms with Crippen LogP contribution < -0.4 is 4.74 Å². The Morgan fingerprint density at radius 1 is 1.21 bits per heavy atom. The average molecular weight is 190 g/mol. The van der Waals surface area contributed by atoms with Gasteiger partial charge >= 0.3 is 5.97 Å². The molecule has 1 aromatic carbocycles. The first-order valence-corrected chi connectivity index (χ1v) is 4.52. The lowest BCUT2D eigenvalue weighted by molar-refractivity contribution is -0.131. The molecule has 2 nitrogen and oxygen atoms in total. The Morgan fingerprint density at radius 2 is 1.86 bits per heavy atom. The summed E-state index contributed by atoms with van der Waals surface area (Å²) >= 11 is 0. The van der Waals surface area contributed by atoms with E-state index in [0.29, 0.717) is 5.75 Å². The zero-order chi connectivity index (χ0) is 10.6.